The summed E-state index contributed by atoms with van der Waals surface area (Å²) in [6, 6.07) is 9.61. The molecule has 72 valence electrons. The zero-order valence-electron chi connectivity index (χ0n) is 8.03. The molecule has 0 aliphatic heterocycles. The molecular formula is C11H12N2O. The van der Waals surface area contributed by atoms with Crippen LogP contribution in [0, 0.1) is 6.92 Å². The molecule has 2 rings (SSSR count). The smallest absolute Gasteiger partial charge is 0.152 e. The molecule has 0 saturated heterocycles. The van der Waals surface area contributed by atoms with Crippen molar-refractivity contribution < 1.29 is 4.42 Å². The van der Waals surface area contributed by atoms with Gasteiger partial charge in [0.15, 0.2) is 5.76 Å². The zero-order chi connectivity index (χ0) is 9.97. The van der Waals surface area contributed by atoms with E-state index in [1.807, 2.05) is 37.3 Å². The second-order valence-electron chi connectivity index (χ2n) is 3.13. The predicted octanol–water partition coefficient (Wildman–Crippen LogP) is 2.11. The summed E-state index contributed by atoms with van der Waals surface area (Å²) >= 11 is 0. The Bertz CT molecular complexity index is 434. The number of hydrogen-bond acceptors (Lipinski definition) is 3. The third-order valence-corrected chi connectivity index (χ3v) is 2.00. The van der Waals surface area contributed by atoms with E-state index < -0.39 is 0 Å². The average molecular weight is 188 g/mol. The fourth-order valence-electron chi connectivity index (χ4n) is 1.31. The first kappa shape index (κ1) is 8.97. The maximum atomic E-state index is 5.49. The van der Waals surface area contributed by atoms with E-state index >= 15 is 0 Å². The Kier molecular flexibility index (Phi) is 2.33. The molecule has 0 spiro atoms. The second kappa shape index (κ2) is 3.64. The van der Waals surface area contributed by atoms with Crippen LogP contribution in [0.2, 0.25) is 0 Å². The maximum absolute atomic E-state index is 5.49. The molecule has 0 bridgehead atoms. The van der Waals surface area contributed by atoms with E-state index in [2.05, 4.69) is 4.98 Å². The highest BCUT2D eigenvalue weighted by molar-refractivity contribution is 5.52. The van der Waals surface area contributed by atoms with E-state index in [1.54, 1.807) is 0 Å². The lowest BCUT2D eigenvalue weighted by molar-refractivity contribution is 0.523. The van der Waals surface area contributed by atoms with Gasteiger partial charge in [-0.2, -0.15) is 0 Å². The first-order valence-electron chi connectivity index (χ1n) is 4.52. The van der Waals surface area contributed by atoms with Crippen LogP contribution < -0.4 is 5.73 Å². The largest absolute Gasteiger partial charge is 0.458 e. The van der Waals surface area contributed by atoms with Crippen LogP contribution in [-0.2, 0) is 6.54 Å². The van der Waals surface area contributed by atoms with E-state index in [9.17, 15) is 0 Å². The summed E-state index contributed by atoms with van der Waals surface area (Å²) < 4.78 is 5.49. The fourth-order valence-corrected chi connectivity index (χ4v) is 1.31. The van der Waals surface area contributed by atoms with Gasteiger partial charge in [-0.3, -0.25) is 0 Å². The van der Waals surface area contributed by atoms with Gasteiger partial charge in [-0.15, -0.1) is 0 Å². The van der Waals surface area contributed by atoms with Crippen molar-refractivity contribution in [3.63, 3.8) is 0 Å². The number of aromatic nitrogens is 1. The van der Waals surface area contributed by atoms with Crippen molar-refractivity contribution in [2.24, 2.45) is 5.73 Å². The van der Waals surface area contributed by atoms with Crippen LogP contribution in [0.15, 0.2) is 34.7 Å². The Labute approximate surface area is 82.6 Å². The highest BCUT2D eigenvalue weighted by atomic mass is 16.3. The molecule has 14 heavy (non-hydrogen) atoms. The van der Waals surface area contributed by atoms with Gasteiger partial charge in [-0.1, -0.05) is 6.07 Å². The summed E-state index contributed by atoms with van der Waals surface area (Å²) in [7, 11) is 0. The number of hydrogen-bond donors (Lipinski definition) is 1. The van der Waals surface area contributed by atoms with Crippen LogP contribution in [0.3, 0.4) is 0 Å². The number of nitrogens with two attached hydrogens (primary N) is 1. The summed E-state index contributed by atoms with van der Waals surface area (Å²) in [6.45, 7) is 2.38. The first-order chi connectivity index (χ1) is 6.79. The SMILES string of the molecule is Cc1cccc(-c2ccc(CN)o2)n1. The van der Waals surface area contributed by atoms with Crippen LogP contribution in [0.4, 0.5) is 0 Å². The van der Waals surface area contributed by atoms with Crippen LogP contribution >= 0.6 is 0 Å². The van der Waals surface area contributed by atoms with Gasteiger partial charge in [0.25, 0.3) is 0 Å². The Morgan fingerprint density at radius 2 is 2.14 bits per heavy atom. The Hall–Kier alpha value is -1.61. The molecular weight excluding hydrogens is 176 g/mol. The zero-order valence-corrected chi connectivity index (χ0v) is 8.03. The highest BCUT2D eigenvalue weighted by Gasteiger charge is 2.04. The van der Waals surface area contributed by atoms with Crippen molar-refractivity contribution in [1.82, 2.24) is 4.98 Å². The lowest BCUT2D eigenvalue weighted by Crippen LogP contribution is -1.92. The first-order valence-corrected chi connectivity index (χ1v) is 4.52. The van der Waals surface area contributed by atoms with Crippen LogP contribution in [0.5, 0.6) is 0 Å². The molecule has 0 fully saturated rings. The molecule has 2 aromatic heterocycles. The summed E-state index contributed by atoms with van der Waals surface area (Å²) in [4.78, 5) is 4.36. The minimum atomic E-state index is 0.422. The Morgan fingerprint density at radius 3 is 2.79 bits per heavy atom. The van der Waals surface area contributed by atoms with Crippen molar-refractivity contribution in [1.29, 1.82) is 0 Å². The van der Waals surface area contributed by atoms with Crippen LogP contribution in [0.25, 0.3) is 11.5 Å². The van der Waals surface area contributed by atoms with E-state index in [4.69, 9.17) is 10.2 Å². The van der Waals surface area contributed by atoms with Gasteiger partial charge < -0.3 is 10.2 Å². The summed E-state index contributed by atoms with van der Waals surface area (Å²) in [6.07, 6.45) is 0. The molecule has 0 aromatic carbocycles. The molecule has 0 aliphatic carbocycles. The molecule has 0 amide bonds. The van der Waals surface area contributed by atoms with Crippen LogP contribution in [-0.4, -0.2) is 4.98 Å². The molecule has 0 aliphatic rings. The Balaban J connectivity index is 2.39. The lowest BCUT2D eigenvalue weighted by Gasteiger charge is -1.97. The summed E-state index contributed by atoms with van der Waals surface area (Å²) in [5.74, 6) is 1.55. The van der Waals surface area contributed by atoms with Gasteiger partial charge in [0.1, 0.15) is 11.5 Å². The van der Waals surface area contributed by atoms with Gasteiger partial charge in [-0.05, 0) is 31.2 Å². The Morgan fingerprint density at radius 1 is 1.29 bits per heavy atom. The third-order valence-electron chi connectivity index (χ3n) is 2.00. The maximum Gasteiger partial charge on any atom is 0.152 e. The lowest BCUT2D eigenvalue weighted by atomic mass is 10.2. The van der Waals surface area contributed by atoms with Crippen molar-refractivity contribution in [2.45, 2.75) is 13.5 Å². The second-order valence-corrected chi connectivity index (χ2v) is 3.13. The molecule has 2 heterocycles. The van der Waals surface area contributed by atoms with Crippen LogP contribution in [0.1, 0.15) is 11.5 Å². The number of furan rings is 1. The minimum Gasteiger partial charge on any atom is -0.458 e. The predicted molar refractivity (Wildman–Crippen MR) is 54.6 cm³/mol. The number of nitrogens with zero attached hydrogens (tertiary/aromatic N) is 1. The van der Waals surface area contributed by atoms with Crippen molar-refractivity contribution in [3.05, 3.63) is 41.8 Å². The molecule has 0 unspecified atom stereocenters. The van der Waals surface area contributed by atoms with Crippen molar-refractivity contribution in [3.8, 4) is 11.5 Å². The van der Waals surface area contributed by atoms with E-state index in [1.165, 1.54) is 0 Å². The fraction of sp³-hybridized carbons (Fsp3) is 0.182. The molecule has 3 heteroatoms. The monoisotopic (exact) mass is 188 g/mol. The molecule has 2 N–H and O–H groups in total. The van der Waals surface area contributed by atoms with Gasteiger partial charge in [0.05, 0.1) is 6.54 Å². The van der Waals surface area contributed by atoms with E-state index in [0.29, 0.717) is 6.54 Å². The van der Waals surface area contributed by atoms with Crippen molar-refractivity contribution in [2.75, 3.05) is 0 Å². The molecule has 0 saturated carbocycles. The molecule has 2 aromatic rings. The summed E-state index contributed by atoms with van der Waals surface area (Å²) in [5, 5.41) is 0. The number of pyridine rings is 1. The quantitative estimate of drug-likeness (QED) is 0.785. The molecule has 0 radical (unpaired) electrons. The average Bonchev–Trinajstić information content (AvgIpc) is 2.66. The minimum absolute atomic E-state index is 0.422. The topological polar surface area (TPSA) is 52.0 Å². The van der Waals surface area contributed by atoms with Gasteiger partial charge in [-0.25, -0.2) is 4.98 Å². The standard InChI is InChI=1S/C11H12N2O/c1-8-3-2-4-10(13-8)11-6-5-9(7-12)14-11/h2-6H,7,12H2,1H3. The number of aryl methyl sites for hydroxylation is 1. The highest BCUT2D eigenvalue weighted by Crippen LogP contribution is 2.19. The number of rotatable bonds is 2. The molecule has 0 atom stereocenters. The summed E-state index contributed by atoms with van der Waals surface area (Å²) in [5.41, 5.74) is 7.29. The van der Waals surface area contributed by atoms with Gasteiger partial charge >= 0.3 is 0 Å². The van der Waals surface area contributed by atoms with E-state index in [0.717, 1.165) is 22.9 Å². The van der Waals surface area contributed by atoms with Gasteiger partial charge in [0, 0.05) is 5.69 Å². The van der Waals surface area contributed by atoms with Crippen molar-refractivity contribution >= 4 is 0 Å². The third kappa shape index (κ3) is 1.67. The molecule has 3 nitrogen and oxygen atoms in total. The van der Waals surface area contributed by atoms with E-state index in [-0.39, 0.29) is 0 Å². The van der Waals surface area contributed by atoms with Gasteiger partial charge in [0.2, 0.25) is 0 Å². The normalized spacial score (nSPS) is 10.4.